The van der Waals surface area contributed by atoms with Crippen LogP contribution in [0, 0.1) is 0 Å². The number of oxazole rings is 1. The Kier molecular flexibility index (Phi) is 6.02. The number of para-hydroxylation sites is 1. The molecule has 2 aromatic carbocycles. The molecule has 1 aliphatic rings. The molecule has 0 atom stereocenters. The van der Waals surface area contributed by atoms with E-state index in [9.17, 15) is 9.59 Å². The Bertz CT molecular complexity index is 1160. The van der Waals surface area contributed by atoms with Gasteiger partial charge in [0.2, 0.25) is 5.76 Å². The van der Waals surface area contributed by atoms with Gasteiger partial charge in [-0.2, -0.15) is 10.1 Å². The third kappa shape index (κ3) is 4.38. The van der Waals surface area contributed by atoms with Crippen LogP contribution in [0.5, 0.6) is 11.5 Å². The number of ether oxygens (including phenoxy) is 3. The number of methoxy groups -OCH3 is 2. The Morgan fingerprint density at radius 3 is 2.72 bits per heavy atom. The summed E-state index contributed by atoms with van der Waals surface area (Å²) in [5.74, 6) is 0.742. The molecule has 1 N–H and O–H groups in total. The van der Waals surface area contributed by atoms with Crippen molar-refractivity contribution in [3.8, 4) is 11.5 Å². The lowest BCUT2D eigenvalue weighted by Gasteiger charge is -2.24. The van der Waals surface area contributed by atoms with Gasteiger partial charge in [0.1, 0.15) is 12.3 Å². The molecule has 0 bridgehead atoms. The highest BCUT2D eigenvalue weighted by Crippen LogP contribution is 2.29. The fourth-order valence-corrected chi connectivity index (χ4v) is 3.13. The van der Waals surface area contributed by atoms with Crippen LogP contribution in [-0.4, -0.2) is 48.5 Å². The summed E-state index contributed by atoms with van der Waals surface area (Å²) in [7, 11) is 3.10. The molecule has 0 saturated heterocycles. The Morgan fingerprint density at radius 1 is 1.16 bits per heavy atom. The number of benzene rings is 2. The standard InChI is InChI=1S/C22H20N4O6/c1-29-18-8-7-14(9-19(18)30-2)17-12-31-22(28)26(25-17)11-15-5-3-4-6-16(15)24-21(27)20-10-23-13-32-20/h3-10,13H,11-12H2,1-2H3,(H,24,27). The smallest absolute Gasteiger partial charge is 0.431 e. The molecular weight excluding hydrogens is 416 g/mol. The number of nitrogens with zero attached hydrogens (tertiary/aromatic N) is 3. The van der Waals surface area contributed by atoms with Crippen molar-refractivity contribution in [2.24, 2.45) is 5.10 Å². The normalized spacial score (nSPS) is 13.2. The summed E-state index contributed by atoms with van der Waals surface area (Å²) in [4.78, 5) is 28.4. The number of aromatic nitrogens is 1. The highest BCUT2D eigenvalue weighted by atomic mass is 16.6. The van der Waals surface area contributed by atoms with E-state index in [1.807, 2.05) is 6.07 Å². The van der Waals surface area contributed by atoms with Crippen molar-refractivity contribution in [3.05, 3.63) is 71.9 Å². The van der Waals surface area contributed by atoms with Crippen LogP contribution in [0.1, 0.15) is 21.7 Å². The number of hydrogen-bond acceptors (Lipinski definition) is 8. The van der Waals surface area contributed by atoms with E-state index in [1.165, 1.54) is 17.6 Å². The molecule has 2 amide bonds. The lowest BCUT2D eigenvalue weighted by molar-refractivity contribution is 0.0996. The molecule has 32 heavy (non-hydrogen) atoms. The molecule has 10 heteroatoms. The fourth-order valence-electron chi connectivity index (χ4n) is 3.13. The van der Waals surface area contributed by atoms with Crippen molar-refractivity contribution in [3.63, 3.8) is 0 Å². The first-order valence-electron chi connectivity index (χ1n) is 9.61. The number of carbonyl (C=O) groups excluding carboxylic acids is 2. The third-order valence-electron chi connectivity index (χ3n) is 4.74. The highest BCUT2D eigenvalue weighted by Gasteiger charge is 2.25. The summed E-state index contributed by atoms with van der Waals surface area (Å²) in [5, 5.41) is 8.43. The minimum absolute atomic E-state index is 0.0225. The highest BCUT2D eigenvalue weighted by molar-refractivity contribution is 6.04. The SMILES string of the molecule is COc1ccc(C2=NN(Cc3ccccc3NC(=O)c3cnco3)C(=O)OC2)cc1OC. The number of hydrogen-bond donors (Lipinski definition) is 1. The number of amides is 2. The van der Waals surface area contributed by atoms with Gasteiger partial charge in [-0.05, 0) is 29.8 Å². The number of rotatable bonds is 7. The topological polar surface area (TPSA) is 115 Å². The monoisotopic (exact) mass is 436 g/mol. The summed E-state index contributed by atoms with van der Waals surface area (Å²) in [5.41, 5.74) is 2.45. The lowest BCUT2D eigenvalue weighted by atomic mass is 10.1. The van der Waals surface area contributed by atoms with Crippen LogP contribution in [-0.2, 0) is 11.3 Å². The molecule has 0 aliphatic carbocycles. The second kappa shape index (κ2) is 9.21. The van der Waals surface area contributed by atoms with Gasteiger partial charge < -0.3 is 23.9 Å². The van der Waals surface area contributed by atoms with E-state index in [-0.39, 0.29) is 18.9 Å². The van der Waals surface area contributed by atoms with Crippen LogP contribution < -0.4 is 14.8 Å². The minimum atomic E-state index is -0.592. The molecule has 0 radical (unpaired) electrons. The summed E-state index contributed by atoms with van der Waals surface area (Å²) in [6, 6.07) is 12.4. The zero-order valence-corrected chi connectivity index (χ0v) is 17.4. The largest absolute Gasteiger partial charge is 0.493 e. The number of hydrazone groups is 1. The molecule has 1 aliphatic heterocycles. The minimum Gasteiger partial charge on any atom is -0.493 e. The summed E-state index contributed by atoms with van der Waals surface area (Å²) >= 11 is 0. The van der Waals surface area contributed by atoms with Crippen molar-refractivity contribution in [1.29, 1.82) is 0 Å². The third-order valence-corrected chi connectivity index (χ3v) is 4.74. The van der Waals surface area contributed by atoms with Crippen LogP contribution in [0.2, 0.25) is 0 Å². The average Bonchev–Trinajstić information content (AvgIpc) is 3.36. The number of nitrogens with one attached hydrogen (secondary N) is 1. The maximum Gasteiger partial charge on any atom is 0.431 e. The first-order valence-corrected chi connectivity index (χ1v) is 9.61. The average molecular weight is 436 g/mol. The van der Waals surface area contributed by atoms with Crippen molar-refractivity contribution in [2.45, 2.75) is 6.54 Å². The molecule has 0 spiro atoms. The molecule has 0 saturated carbocycles. The van der Waals surface area contributed by atoms with E-state index >= 15 is 0 Å². The Labute approximate surface area is 183 Å². The van der Waals surface area contributed by atoms with E-state index in [2.05, 4.69) is 15.4 Å². The Hall–Kier alpha value is -4.34. The molecule has 4 rings (SSSR count). The quantitative estimate of drug-likeness (QED) is 0.604. The maximum absolute atomic E-state index is 12.4. The lowest BCUT2D eigenvalue weighted by Crippen LogP contribution is -2.35. The first-order chi connectivity index (χ1) is 15.6. The van der Waals surface area contributed by atoms with Gasteiger partial charge in [0.25, 0.3) is 5.91 Å². The second-order valence-corrected chi connectivity index (χ2v) is 6.71. The molecule has 0 fully saturated rings. The van der Waals surface area contributed by atoms with Gasteiger partial charge in [-0.1, -0.05) is 18.2 Å². The van der Waals surface area contributed by atoms with Crippen LogP contribution in [0.4, 0.5) is 10.5 Å². The molecule has 3 aromatic rings. The molecular formula is C22H20N4O6. The van der Waals surface area contributed by atoms with E-state index in [0.29, 0.717) is 28.5 Å². The summed E-state index contributed by atoms with van der Waals surface area (Å²) in [6.45, 7) is 0.108. The van der Waals surface area contributed by atoms with E-state index < -0.39 is 12.0 Å². The van der Waals surface area contributed by atoms with Crippen LogP contribution in [0.15, 0.2) is 64.6 Å². The van der Waals surface area contributed by atoms with Crippen molar-refractivity contribution >= 4 is 23.4 Å². The van der Waals surface area contributed by atoms with Crippen LogP contribution >= 0.6 is 0 Å². The summed E-state index contributed by atoms with van der Waals surface area (Å²) in [6.07, 6.45) is 1.90. The number of carbonyl (C=O) groups is 2. The van der Waals surface area contributed by atoms with Crippen molar-refractivity contribution in [2.75, 3.05) is 26.1 Å². The van der Waals surface area contributed by atoms with E-state index in [1.54, 1.807) is 50.6 Å². The van der Waals surface area contributed by atoms with Gasteiger partial charge in [0, 0.05) is 11.3 Å². The van der Waals surface area contributed by atoms with Crippen molar-refractivity contribution in [1.82, 2.24) is 9.99 Å². The molecule has 1 aromatic heterocycles. The van der Waals surface area contributed by atoms with Crippen LogP contribution in [0.3, 0.4) is 0 Å². The van der Waals surface area contributed by atoms with Gasteiger partial charge >= 0.3 is 6.09 Å². The Morgan fingerprint density at radius 2 is 1.97 bits per heavy atom. The predicted octanol–water partition coefficient (Wildman–Crippen LogP) is 3.30. The maximum atomic E-state index is 12.4. The van der Waals surface area contributed by atoms with Gasteiger partial charge in [0.05, 0.1) is 27.0 Å². The fraction of sp³-hybridized carbons (Fsp3) is 0.182. The zero-order chi connectivity index (χ0) is 22.5. The van der Waals surface area contributed by atoms with Gasteiger partial charge in [-0.3, -0.25) is 4.79 Å². The second-order valence-electron chi connectivity index (χ2n) is 6.71. The molecule has 0 unspecified atom stereocenters. The van der Waals surface area contributed by atoms with Gasteiger partial charge in [0.15, 0.2) is 17.9 Å². The predicted molar refractivity (Wildman–Crippen MR) is 114 cm³/mol. The van der Waals surface area contributed by atoms with Crippen LogP contribution in [0.25, 0.3) is 0 Å². The number of cyclic esters (lactones) is 1. The molecule has 2 heterocycles. The first kappa shape index (κ1) is 20.9. The summed E-state index contributed by atoms with van der Waals surface area (Å²) < 4.78 is 20.9. The Balaban J connectivity index is 1.58. The number of anilines is 1. The van der Waals surface area contributed by atoms with E-state index in [0.717, 1.165) is 5.56 Å². The van der Waals surface area contributed by atoms with Gasteiger partial charge in [-0.25, -0.2) is 9.78 Å². The van der Waals surface area contributed by atoms with Crippen molar-refractivity contribution < 1.29 is 28.2 Å². The van der Waals surface area contributed by atoms with E-state index in [4.69, 9.17) is 18.6 Å². The van der Waals surface area contributed by atoms with Gasteiger partial charge in [-0.15, -0.1) is 0 Å². The molecule has 164 valence electrons. The zero-order valence-electron chi connectivity index (χ0n) is 17.4. The molecule has 10 nitrogen and oxygen atoms in total.